The topological polar surface area (TPSA) is 58.9 Å². The van der Waals surface area contributed by atoms with Crippen LogP contribution in [0.2, 0.25) is 5.02 Å². The van der Waals surface area contributed by atoms with E-state index in [4.69, 9.17) is 17.3 Å². The number of aromatic nitrogens is 1. The van der Waals surface area contributed by atoms with Crippen LogP contribution in [0, 0.1) is 6.92 Å². The maximum absolute atomic E-state index is 11.2. The van der Waals surface area contributed by atoms with Gasteiger partial charge >= 0.3 is 0 Å². The average Bonchev–Trinajstić information content (AvgIpc) is 2.42. The van der Waals surface area contributed by atoms with Crippen molar-refractivity contribution in [3.63, 3.8) is 0 Å². The van der Waals surface area contributed by atoms with E-state index >= 15 is 0 Å². The van der Waals surface area contributed by atoms with Crippen molar-refractivity contribution in [1.29, 1.82) is 0 Å². The molecule has 0 atom stereocenters. The summed E-state index contributed by atoms with van der Waals surface area (Å²) >= 11 is 5.96. The first-order valence-corrected chi connectivity index (χ1v) is 4.55. The van der Waals surface area contributed by atoms with Gasteiger partial charge < -0.3 is 10.7 Å². The minimum Gasteiger partial charge on any atom is -0.366 e. The van der Waals surface area contributed by atoms with E-state index in [1.54, 1.807) is 19.1 Å². The Hall–Kier alpha value is -1.48. The monoisotopic (exact) mass is 208 g/mol. The SMILES string of the molecule is Cc1[nH]c2c(Cl)cccc2c1C(N)=O. The number of carbonyl (C=O) groups excluding carboxylic acids is 1. The predicted octanol–water partition coefficient (Wildman–Crippen LogP) is 2.23. The Labute approximate surface area is 85.9 Å². The molecule has 0 saturated carbocycles. The summed E-state index contributed by atoms with van der Waals surface area (Å²) in [7, 11) is 0. The molecule has 0 saturated heterocycles. The van der Waals surface area contributed by atoms with E-state index < -0.39 is 5.91 Å². The summed E-state index contributed by atoms with van der Waals surface area (Å²) in [6.45, 7) is 1.80. The van der Waals surface area contributed by atoms with Crippen molar-refractivity contribution in [2.75, 3.05) is 0 Å². The Morgan fingerprint density at radius 1 is 1.50 bits per heavy atom. The summed E-state index contributed by atoms with van der Waals surface area (Å²) in [4.78, 5) is 14.2. The van der Waals surface area contributed by atoms with Gasteiger partial charge in [-0.15, -0.1) is 0 Å². The highest BCUT2D eigenvalue weighted by atomic mass is 35.5. The molecule has 0 spiro atoms. The normalized spacial score (nSPS) is 10.7. The van der Waals surface area contributed by atoms with E-state index in [0.29, 0.717) is 10.6 Å². The van der Waals surface area contributed by atoms with Gasteiger partial charge in [0.05, 0.1) is 16.1 Å². The molecule has 0 unspecified atom stereocenters. The first-order chi connectivity index (χ1) is 6.61. The molecule has 1 aromatic carbocycles. The van der Waals surface area contributed by atoms with E-state index in [1.807, 2.05) is 6.07 Å². The van der Waals surface area contributed by atoms with Gasteiger partial charge in [-0.05, 0) is 13.0 Å². The first-order valence-electron chi connectivity index (χ1n) is 4.18. The smallest absolute Gasteiger partial charge is 0.251 e. The lowest BCUT2D eigenvalue weighted by Gasteiger charge is -1.94. The highest BCUT2D eigenvalue weighted by molar-refractivity contribution is 6.35. The van der Waals surface area contributed by atoms with Crippen LogP contribution in [0.5, 0.6) is 0 Å². The molecule has 3 nitrogen and oxygen atoms in total. The second-order valence-corrected chi connectivity index (χ2v) is 3.56. The number of rotatable bonds is 1. The number of fused-ring (bicyclic) bond motifs is 1. The van der Waals surface area contributed by atoms with Crippen LogP contribution >= 0.6 is 11.6 Å². The summed E-state index contributed by atoms with van der Waals surface area (Å²) < 4.78 is 0. The van der Waals surface area contributed by atoms with E-state index in [0.717, 1.165) is 16.6 Å². The summed E-state index contributed by atoms with van der Waals surface area (Å²) in [6.07, 6.45) is 0. The zero-order valence-electron chi connectivity index (χ0n) is 7.60. The molecule has 14 heavy (non-hydrogen) atoms. The Morgan fingerprint density at radius 2 is 2.21 bits per heavy atom. The number of hydrogen-bond donors (Lipinski definition) is 2. The quantitative estimate of drug-likeness (QED) is 0.742. The molecule has 2 rings (SSSR count). The average molecular weight is 209 g/mol. The number of amides is 1. The second-order valence-electron chi connectivity index (χ2n) is 3.15. The fourth-order valence-corrected chi connectivity index (χ4v) is 1.85. The maximum atomic E-state index is 11.2. The molecular formula is C10H9ClN2O. The van der Waals surface area contributed by atoms with Gasteiger partial charge in [0.1, 0.15) is 0 Å². The molecule has 0 radical (unpaired) electrons. The molecule has 4 heteroatoms. The number of aryl methyl sites for hydroxylation is 1. The zero-order valence-corrected chi connectivity index (χ0v) is 8.35. The fourth-order valence-electron chi connectivity index (χ4n) is 1.63. The predicted molar refractivity (Wildman–Crippen MR) is 56.6 cm³/mol. The van der Waals surface area contributed by atoms with Crippen molar-refractivity contribution in [1.82, 2.24) is 4.98 Å². The van der Waals surface area contributed by atoms with Crippen molar-refractivity contribution in [3.05, 3.63) is 34.5 Å². The standard InChI is InChI=1S/C10H9ClN2O/c1-5-8(10(12)14)6-3-2-4-7(11)9(6)13-5/h2-4,13H,1H3,(H2,12,14). The van der Waals surface area contributed by atoms with Gasteiger partial charge in [-0.3, -0.25) is 4.79 Å². The molecule has 1 aromatic heterocycles. The number of H-pyrrole nitrogens is 1. The van der Waals surface area contributed by atoms with Gasteiger partial charge in [0, 0.05) is 11.1 Å². The van der Waals surface area contributed by atoms with Gasteiger partial charge in [-0.25, -0.2) is 0 Å². The number of halogens is 1. The van der Waals surface area contributed by atoms with Crippen molar-refractivity contribution >= 4 is 28.4 Å². The minimum absolute atomic E-state index is 0.434. The summed E-state index contributed by atoms with van der Waals surface area (Å²) in [5.74, 6) is -0.434. The molecule has 0 aliphatic rings. The Balaban J connectivity index is 2.90. The molecule has 1 heterocycles. The van der Waals surface area contributed by atoms with Gasteiger partial charge in [0.2, 0.25) is 0 Å². The minimum atomic E-state index is -0.434. The number of primary amides is 1. The summed E-state index contributed by atoms with van der Waals surface area (Å²) in [6, 6.07) is 5.39. The van der Waals surface area contributed by atoms with Crippen LogP contribution in [0.4, 0.5) is 0 Å². The van der Waals surface area contributed by atoms with Crippen molar-refractivity contribution in [2.45, 2.75) is 6.92 Å². The van der Waals surface area contributed by atoms with E-state index in [2.05, 4.69) is 4.98 Å². The van der Waals surface area contributed by atoms with Gasteiger partial charge in [-0.2, -0.15) is 0 Å². The lowest BCUT2D eigenvalue weighted by molar-refractivity contribution is 0.100. The van der Waals surface area contributed by atoms with E-state index in [-0.39, 0.29) is 0 Å². The highest BCUT2D eigenvalue weighted by Crippen LogP contribution is 2.27. The number of carbonyl (C=O) groups is 1. The number of aromatic amines is 1. The van der Waals surface area contributed by atoms with E-state index in [1.165, 1.54) is 0 Å². The van der Waals surface area contributed by atoms with Crippen LogP contribution in [0.15, 0.2) is 18.2 Å². The summed E-state index contributed by atoms with van der Waals surface area (Å²) in [5.41, 5.74) is 7.30. The Bertz CT molecular complexity index is 516. The van der Waals surface area contributed by atoms with Gasteiger partial charge in [-0.1, -0.05) is 23.7 Å². The largest absolute Gasteiger partial charge is 0.366 e. The van der Waals surface area contributed by atoms with Crippen LogP contribution in [0.1, 0.15) is 16.1 Å². The van der Waals surface area contributed by atoms with Crippen LogP contribution in [0.25, 0.3) is 10.9 Å². The van der Waals surface area contributed by atoms with Crippen LogP contribution in [-0.2, 0) is 0 Å². The lowest BCUT2D eigenvalue weighted by atomic mass is 10.1. The zero-order chi connectivity index (χ0) is 10.3. The molecule has 3 N–H and O–H groups in total. The third-order valence-electron chi connectivity index (χ3n) is 2.22. The Kier molecular flexibility index (Phi) is 1.97. The third kappa shape index (κ3) is 1.17. The molecule has 2 aromatic rings. The maximum Gasteiger partial charge on any atom is 0.251 e. The number of nitrogens with two attached hydrogens (primary N) is 1. The van der Waals surface area contributed by atoms with Crippen LogP contribution < -0.4 is 5.73 Å². The number of hydrogen-bond acceptors (Lipinski definition) is 1. The van der Waals surface area contributed by atoms with E-state index in [9.17, 15) is 4.79 Å². The molecule has 1 amide bonds. The van der Waals surface area contributed by atoms with Crippen molar-refractivity contribution in [3.8, 4) is 0 Å². The summed E-state index contributed by atoms with van der Waals surface area (Å²) in [5, 5.41) is 1.38. The molecule has 0 fully saturated rings. The van der Waals surface area contributed by atoms with Gasteiger partial charge in [0.25, 0.3) is 5.91 Å². The Morgan fingerprint density at radius 3 is 2.86 bits per heavy atom. The van der Waals surface area contributed by atoms with Crippen molar-refractivity contribution < 1.29 is 4.79 Å². The highest BCUT2D eigenvalue weighted by Gasteiger charge is 2.14. The first kappa shape index (κ1) is 9.09. The van der Waals surface area contributed by atoms with Crippen molar-refractivity contribution in [2.24, 2.45) is 5.73 Å². The fraction of sp³-hybridized carbons (Fsp3) is 0.100. The van der Waals surface area contributed by atoms with Crippen LogP contribution in [-0.4, -0.2) is 10.9 Å². The molecule has 0 aliphatic heterocycles. The number of para-hydroxylation sites is 1. The third-order valence-corrected chi connectivity index (χ3v) is 2.53. The molecular weight excluding hydrogens is 200 g/mol. The number of nitrogens with one attached hydrogen (secondary N) is 1. The molecule has 0 bridgehead atoms. The molecule has 72 valence electrons. The van der Waals surface area contributed by atoms with Crippen LogP contribution in [0.3, 0.4) is 0 Å². The lowest BCUT2D eigenvalue weighted by Crippen LogP contribution is -2.11. The second kappa shape index (κ2) is 3.03. The number of benzene rings is 1. The molecule has 0 aliphatic carbocycles. The van der Waals surface area contributed by atoms with Gasteiger partial charge in [0.15, 0.2) is 0 Å².